The average Bonchev–Trinajstić information content (AvgIpc) is 3.29. The first-order chi connectivity index (χ1) is 14.2. The molecule has 1 amide bonds. The fourth-order valence-corrected chi connectivity index (χ4v) is 3.99. The van der Waals surface area contributed by atoms with Crippen LogP contribution < -0.4 is 4.74 Å². The maximum absolute atomic E-state index is 12.7. The summed E-state index contributed by atoms with van der Waals surface area (Å²) in [5.41, 5.74) is 3.17. The van der Waals surface area contributed by atoms with Crippen LogP contribution in [-0.2, 0) is 22.6 Å². The number of imidazole rings is 1. The Labute approximate surface area is 171 Å². The number of benzene rings is 2. The zero-order chi connectivity index (χ0) is 20.2. The molecule has 152 valence electrons. The highest BCUT2D eigenvalue weighted by atomic mass is 16.5. The zero-order valence-corrected chi connectivity index (χ0v) is 17.0. The van der Waals surface area contributed by atoms with Crippen molar-refractivity contribution in [2.45, 2.75) is 32.4 Å². The Morgan fingerprint density at radius 2 is 1.93 bits per heavy atom. The van der Waals surface area contributed by atoms with E-state index in [9.17, 15) is 4.79 Å². The van der Waals surface area contributed by atoms with E-state index in [2.05, 4.69) is 10.6 Å². The first-order valence-electron chi connectivity index (χ1n) is 10.1. The van der Waals surface area contributed by atoms with Crippen LogP contribution in [0, 0.1) is 0 Å². The molecule has 0 N–H and O–H groups in total. The van der Waals surface area contributed by atoms with Crippen molar-refractivity contribution in [3.8, 4) is 5.75 Å². The second-order valence-electron chi connectivity index (χ2n) is 7.33. The van der Waals surface area contributed by atoms with Gasteiger partial charge in [0.05, 0.1) is 24.8 Å². The van der Waals surface area contributed by atoms with E-state index in [1.807, 2.05) is 54.3 Å². The van der Waals surface area contributed by atoms with Crippen LogP contribution in [0.15, 0.2) is 48.5 Å². The number of ether oxygens (including phenoxy) is 2. The van der Waals surface area contributed by atoms with Crippen LogP contribution in [0.1, 0.15) is 30.7 Å². The highest BCUT2D eigenvalue weighted by molar-refractivity contribution is 5.81. The monoisotopic (exact) mass is 393 g/mol. The van der Waals surface area contributed by atoms with E-state index in [4.69, 9.17) is 14.5 Å². The summed E-state index contributed by atoms with van der Waals surface area (Å²) in [5.74, 6) is 2.07. The highest BCUT2D eigenvalue weighted by Crippen LogP contribution is 2.31. The Bertz CT molecular complexity index is 981. The Morgan fingerprint density at radius 1 is 1.14 bits per heavy atom. The number of aromatic nitrogens is 2. The average molecular weight is 393 g/mol. The van der Waals surface area contributed by atoms with Crippen LogP contribution >= 0.6 is 0 Å². The lowest BCUT2D eigenvalue weighted by atomic mass is 10.1. The lowest BCUT2D eigenvalue weighted by molar-refractivity contribution is -0.128. The third kappa shape index (κ3) is 4.12. The first kappa shape index (κ1) is 19.5. The summed E-state index contributed by atoms with van der Waals surface area (Å²) in [6.07, 6.45) is 0.494. The molecule has 2 aromatic carbocycles. The van der Waals surface area contributed by atoms with Crippen molar-refractivity contribution in [1.29, 1.82) is 0 Å². The smallest absolute Gasteiger partial charge is 0.223 e. The van der Waals surface area contributed by atoms with Gasteiger partial charge in [-0.05, 0) is 36.8 Å². The minimum atomic E-state index is 0.0924. The standard InChI is InChI=1S/C23H27N3O3/c1-3-29-13-12-26-21-7-5-4-6-20(21)24-23(26)18-14-22(27)25(16-18)15-17-8-10-19(28-2)11-9-17/h4-11,18H,3,12-16H2,1-2H3. The van der Waals surface area contributed by atoms with Gasteiger partial charge in [0.25, 0.3) is 0 Å². The predicted molar refractivity (Wildman–Crippen MR) is 112 cm³/mol. The molecule has 1 aliphatic heterocycles. The van der Waals surface area contributed by atoms with E-state index in [1.165, 1.54) is 0 Å². The molecule has 6 nitrogen and oxygen atoms in total. The van der Waals surface area contributed by atoms with E-state index < -0.39 is 0 Å². The summed E-state index contributed by atoms with van der Waals surface area (Å²) in [4.78, 5) is 19.5. The molecule has 1 aliphatic rings. The molecule has 0 radical (unpaired) electrons. The molecule has 1 saturated heterocycles. The van der Waals surface area contributed by atoms with Gasteiger partial charge in [0.15, 0.2) is 0 Å². The minimum Gasteiger partial charge on any atom is -0.497 e. The Hall–Kier alpha value is -2.86. The lowest BCUT2D eigenvalue weighted by Gasteiger charge is -2.17. The number of likely N-dealkylation sites (tertiary alicyclic amines) is 1. The second-order valence-corrected chi connectivity index (χ2v) is 7.33. The van der Waals surface area contributed by atoms with Crippen molar-refractivity contribution in [3.63, 3.8) is 0 Å². The topological polar surface area (TPSA) is 56.6 Å². The van der Waals surface area contributed by atoms with E-state index in [0.29, 0.717) is 32.7 Å². The molecular weight excluding hydrogens is 366 g/mol. The number of hydrogen-bond acceptors (Lipinski definition) is 4. The maximum Gasteiger partial charge on any atom is 0.223 e. The molecule has 1 aromatic heterocycles. The molecular formula is C23H27N3O3. The fourth-order valence-electron chi connectivity index (χ4n) is 3.99. The highest BCUT2D eigenvalue weighted by Gasteiger charge is 2.33. The van der Waals surface area contributed by atoms with E-state index in [0.717, 1.165) is 34.7 Å². The Morgan fingerprint density at radius 3 is 2.69 bits per heavy atom. The SMILES string of the molecule is CCOCCn1c(C2CC(=O)N(Cc3ccc(OC)cc3)C2)nc2ccccc21. The summed E-state index contributed by atoms with van der Waals surface area (Å²) < 4.78 is 13.0. The van der Waals surface area contributed by atoms with Crippen molar-refractivity contribution in [1.82, 2.24) is 14.5 Å². The molecule has 0 saturated carbocycles. The van der Waals surface area contributed by atoms with Gasteiger partial charge < -0.3 is 18.9 Å². The molecule has 4 rings (SSSR count). The largest absolute Gasteiger partial charge is 0.497 e. The molecule has 0 bridgehead atoms. The van der Waals surface area contributed by atoms with E-state index >= 15 is 0 Å². The summed E-state index contributed by atoms with van der Waals surface area (Å²) in [7, 11) is 1.65. The molecule has 0 aliphatic carbocycles. The maximum atomic E-state index is 12.7. The number of rotatable bonds is 8. The number of amides is 1. The van der Waals surface area contributed by atoms with Gasteiger partial charge in [-0.15, -0.1) is 0 Å². The minimum absolute atomic E-state index is 0.0924. The van der Waals surface area contributed by atoms with Crippen LogP contribution in [0.5, 0.6) is 5.75 Å². The molecule has 29 heavy (non-hydrogen) atoms. The van der Waals surface area contributed by atoms with Gasteiger partial charge in [-0.3, -0.25) is 4.79 Å². The summed E-state index contributed by atoms with van der Waals surface area (Å²) in [6, 6.07) is 16.0. The molecule has 1 atom stereocenters. The van der Waals surface area contributed by atoms with E-state index in [-0.39, 0.29) is 11.8 Å². The van der Waals surface area contributed by atoms with E-state index in [1.54, 1.807) is 7.11 Å². The van der Waals surface area contributed by atoms with Crippen LogP contribution in [0.3, 0.4) is 0 Å². The lowest BCUT2D eigenvalue weighted by Crippen LogP contribution is -2.24. The Kier molecular flexibility index (Phi) is 5.81. The van der Waals surface area contributed by atoms with Crippen molar-refractivity contribution < 1.29 is 14.3 Å². The van der Waals surface area contributed by atoms with Gasteiger partial charge in [-0.2, -0.15) is 0 Å². The third-order valence-electron chi connectivity index (χ3n) is 5.46. The number of para-hydroxylation sites is 2. The number of hydrogen-bond donors (Lipinski definition) is 0. The Balaban J connectivity index is 1.54. The summed E-state index contributed by atoms with van der Waals surface area (Å²) >= 11 is 0. The van der Waals surface area contributed by atoms with Gasteiger partial charge >= 0.3 is 0 Å². The summed E-state index contributed by atoms with van der Waals surface area (Å²) in [5, 5.41) is 0. The molecule has 1 fully saturated rings. The van der Waals surface area contributed by atoms with Gasteiger partial charge in [-0.25, -0.2) is 4.98 Å². The predicted octanol–water partition coefficient (Wildman–Crippen LogP) is 3.60. The number of fused-ring (bicyclic) bond motifs is 1. The van der Waals surface area contributed by atoms with Crippen molar-refractivity contribution >= 4 is 16.9 Å². The molecule has 3 aromatic rings. The molecule has 1 unspecified atom stereocenters. The summed E-state index contributed by atoms with van der Waals surface area (Å²) in [6.45, 7) is 5.37. The fraction of sp³-hybridized carbons (Fsp3) is 0.391. The molecule has 0 spiro atoms. The second kappa shape index (κ2) is 8.66. The van der Waals surface area contributed by atoms with Crippen LogP contribution in [0.2, 0.25) is 0 Å². The quantitative estimate of drug-likeness (QED) is 0.549. The van der Waals surface area contributed by atoms with Crippen molar-refractivity contribution in [3.05, 3.63) is 59.9 Å². The molecule has 6 heteroatoms. The third-order valence-corrected chi connectivity index (χ3v) is 5.46. The number of carbonyl (C=O) groups is 1. The number of carbonyl (C=O) groups excluding carboxylic acids is 1. The number of methoxy groups -OCH3 is 1. The van der Waals surface area contributed by atoms with Crippen LogP contribution in [0.25, 0.3) is 11.0 Å². The van der Waals surface area contributed by atoms with Gasteiger partial charge in [0.2, 0.25) is 5.91 Å². The van der Waals surface area contributed by atoms with Crippen molar-refractivity contribution in [2.24, 2.45) is 0 Å². The van der Waals surface area contributed by atoms with Crippen molar-refractivity contribution in [2.75, 3.05) is 26.9 Å². The van der Waals surface area contributed by atoms with Crippen LogP contribution in [-0.4, -0.2) is 47.2 Å². The molecule has 2 heterocycles. The number of nitrogens with zero attached hydrogens (tertiary/aromatic N) is 3. The van der Waals surface area contributed by atoms with Crippen LogP contribution in [0.4, 0.5) is 0 Å². The first-order valence-corrected chi connectivity index (χ1v) is 10.1. The van der Waals surface area contributed by atoms with Gasteiger partial charge in [-0.1, -0.05) is 24.3 Å². The van der Waals surface area contributed by atoms with Gasteiger partial charge in [0, 0.05) is 38.6 Å². The normalized spacial score (nSPS) is 16.7. The van der Waals surface area contributed by atoms with Gasteiger partial charge in [0.1, 0.15) is 11.6 Å². The zero-order valence-electron chi connectivity index (χ0n) is 17.0.